The Morgan fingerprint density at radius 1 is 1.07 bits per heavy atom. The Balaban J connectivity index is 2.34. The lowest BCUT2D eigenvalue weighted by Crippen LogP contribution is -1.95. The van der Waals surface area contributed by atoms with Crippen LogP contribution in [0.15, 0.2) is 42.9 Å². The molecule has 3 heteroatoms. The minimum Gasteiger partial charge on any atom is -0.326 e. The van der Waals surface area contributed by atoms with Crippen LogP contribution in [0.25, 0.3) is 11.3 Å². The van der Waals surface area contributed by atoms with Gasteiger partial charge in [0, 0.05) is 24.5 Å². The maximum atomic E-state index is 5.51. The first kappa shape index (κ1) is 8.84. The number of hydrogen-bond donors (Lipinski definition) is 1. The van der Waals surface area contributed by atoms with Gasteiger partial charge >= 0.3 is 0 Å². The highest BCUT2D eigenvalue weighted by Crippen LogP contribution is 2.15. The van der Waals surface area contributed by atoms with Crippen molar-refractivity contribution in [3.05, 3.63) is 48.4 Å². The van der Waals surface area contributed by atoms with Gasteiger partial charge in [-0.05, 0) is 5.56 Å². The summed E-state index contributed by atoms with van der Waals surface area (Å²) in [6.45, 7) is 0.570. The van der Waals surface area contributed by atoms with Crippen LogP contribution in [-0.2, 0) is 6.54 Å². The summed E-state index contributed by atoms with van der Waals surface area (Å²) >= 11 is 0. The number of nitrogens with two attached hydrogens (primary N) is 1. The molecule has 0 aliphatic heterocycles. The van der Waals surface area contributed by atoms with Crippen molar-refractivity contribution in [2.45, 2.75) is 6.54 Å². The van der Waals surface area contributed by atoms with Crippen LogP contribution < -0.4 is 5.73 Å². The molecule has 1 aromatic carbocycles. The van der Waals surface area contributed by atoms with E-state index in [0.717, 1.165) is 16.8 Å². The van der Waals surface area contributed by atoms with Crippen molar-refractivity contribution in [2.75, 3.05) is 0 Å². The largest absolute Gasteiger partial charge is 0.326 e. The van der Waals surface area contributed by atoms with E-state index < -0.39 is 0 Å². The van der Waals surface area contributed by atoms with Crippen LogP contribution in [-0.4, -0.2) is 9.97 Å². The second-order valence-electron chi connectivity index (χ2n) is 2.99. The van der Waals surface area contributed by atoms with E-state index >= 15 is 0 Å². The van der Waals surface area contributed by atoms with Gasteiger partial charge in [0.05, 0.1) is 11.9 Å². The van der Waals surface area contributed by atoms with E-state index in [-0.39, 0.29) is 0 Å². The molecule has 2 N–H and O–H groups in total. The van der Waals surface area contributed by atoms with E-state index in [9.17, 15) is 0 Å². The predicted octanol–water partition coefficient (Wildman–Crippen LogP) is 1.60. The van der Waals surface area contributed by atoms with Gasteiger partial charge in [0.15, 0.2) is 0 Å². The maximum absolute atomic E-state index is 5.51. The minimum atomic E-state index is 0.570. The first-order chi connectivity index (χ1) is 6.90. The number of rotatable bonds is 2. The molecular formula is C11H11N3. The van der Waals surface area contributed by atoms with E-state index in [2.05, 4.69) is 9.97 Å². The van der Waals surface area contributed by atoms with Crippen LogP contribution in [0.5, 0.6) is 0 Å². The Hall–Kier alpha value is -1.74. The van der Waals surface area contributed by atoms with Gasteiger partial charge < -0.3 is 5.73 Å². The summed E-state index contributed by atoms with van der Waals surface area (Å²) in [7, 11) is 0. The van der Waals surface area contributed by atoms with Crippen LogP contribution in [0, 0.1) is 0 Å². The molecule has 0 aliphatic carbocycles. The molecule has 0 saturated carbocycles. The number of hydrogen-bond acceptors (Lipinski definition) is 3. The van der Waals surface area contributed by atoms with Gasteiger partial charge in [-0.1, -0.05) is 24.3 Å². The molecule has 2 aromatic rings. The summed E-state index contributed by atoms with van der Waals surface area (Å²) in [5.74, 6) is 0. The summed E-state index contributed by atoms with van der Waals surface area (Å²) in [4.78, 5) is 8.23. The molecule has 0 amide bonds. The molecule has 0 spiro atoms. The highest BCUT2D eigenvalue weighted by atomic mass is 14.8. The summed E-state index contributed by atoms with van der Waals surface area (Å²) in [6, 6.07) is 8.02. The van der Waals surface area contributed by atoms with Gasteiger partial charge in [-0.2, -0.15) is 0 Å². The van der Waals surface area contributed by atoms with E-state index in [1.54, 1.807) is 18.6 Å². The van der Waals surface area contributed by atoms with Gasteiger partial charge in [-0.3, -0.25) is 9.97 Å². The molecule has 0 bridgehead atoms. The van der Waals surface area contributed by atoms with E-state index in [0.29, 0.717) is 6.54 Å². The average molecular weight is 185 g/mol. The molecule has 0 unspecified atom stereocenters. The highest BCUT2D eigenvalue weighted by molar-refractivity contribution is 5.57. The van der Waals surface area contributed by atoms with Crippen molar-refractivity contribution in [3.63, 3.8) is 0 Å². The van der Waals surface area contributed by atoms with Gasteiger partial charge in [0.25, 0.3) is 0 Å². The molecule has 14 heavy (non-hydrogen) atoms. The van der Waals surface area contributed by atoms with Crippen molar-refractivity contribution >= 4 is 0 Å². The lowest BCUT2D eigenvalue weighted by Gasteiger charge is -2.00. The summed E-state index contributed by atoms with van der Waals surface area (Å²) in [5.41, 5.74) is 8.58. The fourth-order valence-electron chi connectivity index (χ4n) is 1.26. The minimum absolute atomic E-state index is 0.570. The summed E-state index contributed by atoms with van der Waals surface area (Å²) < 4.78 is 0. The monoisotopic (exact) mass is 185 g/mol. The fraction of sp³-hybridized carbons (Fsp3) is 0.0909. The van der Waals surface area contributed by atoms with Crippen LogP contribution in [0.1, 0.15) is 5.56 Å². The molecular weight excluding hydrogens is 174 g/mol. The van der Waals surface area contributed by atoms with Crippen LogP contribution in [0.2, 0.25) is 0 Å². The molecule has 1 aromatic heterocycles. The summed E-state index contributed by atoms with van der Waals surface area (Å²) in [5, 5.41) is 0. The third-order valence-corrected chi connectivity index (χ3v) is 2.05. The summed E-state index contributed by atoms with van der Waals surface area (Å²) in [6.07, 6.45) is 5.10. The van der Waals surface area contributed by atoms with Crippen LogP contribution in [0.3, 0.4) is 0 Å². The van der Waals surface area contributed by atoms with E-state index in [1.165, 1.54) is 0 Å². The Morgan fingerprint density at radius 3 is 2.43 bits per heavy atom. The Labute approximate surface area is 82.6 Å². The average Bonchev–Trinajstić information content (AvgIpc) is 2.30. The normalized spacial score (nSPS) is 10.1. The van der Waals surface area contributed by atoms with Crippen molar-refractivity contribution in [1.29, 1.82) is 0 Å². The second-order valence-corrected chi connectivity index (χ2v) is 2.99. The highest BCUT2D eigenvalue weighted by Gasteiger charge is 1.97. The zero-order valence-electron chi connectivity index (χ0n) is 7.72. The number of benzene rings is 1. The van der Waals surface area contributed by atoms with Crippen LogP contribution in [0.4, 0.5) is 0 Å². The topological polar surface area (TPSA) is 51.8 Å². The SMILES string of the molecule is NCc1ccc(-c2cnccn2)cc1. The van der Waals surface area contributed by atoms with Gasteiger partial charge in [-0.15, -0.1) is 0 Å². The molecule has 3 nitrogen and oxygen atoms in total. The lowest BCUT2D eigenvalue weighted by atomic mass is 10.1. The first-order valence-electron chi connectivity index (χ1n) is 4.45. The van der Waals surface area contributed by atoms with Crippen molar-refractivity contribution < 1.29 is 0 Å². The van der Waals surface area contributed by atoms with Gasteiger partial charge in [0.1, 0.15) is 0 Å². The number of nitrogens with zero attached hydrogens (tertiary/aromatic N) is 2. The quantitative estimate of drug-likeness (QED) is 0.773. The number of aromatic nitrogens is 2. The van der Waals surface area contributed by atoms with Gasteiger partial charge in [-0.25, -0.2) is 0 Å². The van der Waals surface area contributed by atoms with Crippen molar-refractivity contribution in [2.24, 2.45) is 5.73 Å². The predicted molar refractivity (Wildman–Crippen MR) is 55.4 cm³/mol. The zero-order valence-corrected chi connectivity index (χ0v) is 7.72. The lowest BCUT2D eigenvalue weighted by molar-refractivity contribution is 1.07. The van der Waals surface area contributed by atoms with Gasteiger partial charge in [0.2, 0.25) is 0 Å². The van der Waals surface area contributed by atoms with Crippen LogP contribution >= 0.6 is 0 Å². The Morgan fingerprint density at radius 2 is 1.86 bits per heavy atom. The maximum Gasteiger partial charge on any atom is 0.0885 e. The molecule has 0 saturated heterocycles. The zero-order chi connectivity index (χ0) is 9.80. The molecule has 2 rings (SSSR count). The molecule has 70 valence electrons. The third-order valence-electron chi connectivity index (χ3n) is 2.05. The Kier molecular flexibility index (Phi) is 2.51. The fourth-order valence-corrected chi connectivity index (χ4v) is 1.26. The smallest absolute Gasteiger partial charge is 0.0885 e. The third kappa shape index (κ3) is 1.78. The molecule has 0 aliphatic rings. The first-order valence-corrected chi connectivity index (χ1v) is 4.45. The molecule has 0 atom stereocenters. The van der Waals surface area contributed by atoms with Crippen molar-refractivity contribution in [1.82, 2.24) is 9.97 Å². The van der Waals surface area contributed by atoms with E-state index in [4.69, 9.17) is 5.73 Å². The second kappa shape index (κ2) is 3.98. The molecule has 0 fully saturated rings. The molecule has 0 radical (unpaired) electrons. The molecule has 1 heterocycles. The Bertz CT molecular complexity index is 395. The van der Waals surface area contributed by atoms with Crippen molar-refractivity contribution in [3.8, 4) is 11.3 Å². The standard InChI is InChI=1S/C11H11N3/c12-7-9-1-3-10(4-2-9)11-8-13-5-6-14-11/h1-6,8H,7,12H2. The van der Waals surface area contributed by atoms with E-state index in [1.807, 2.05) is 24.3 Å².